The minimum atomic E-state index is -0.443. The molecule has 0 atom stereocenters. The van der Waals surface area contributed by atoms with Crippen LogP contribution in [-0.2, 0) is 0 Å². The summed E-state index contributed by atoms with van der Waals surface area (Å²) in [6, 6.07) is 6.03. The number of aromatic nitrogens is 3. The monoisotopic (exact) mass is 318 g/mol. The average molecular weight is 318 g/mol. The highest BCUT2D eigenvalue weighted by molar-refractivity contribution is 7.98. The minimum absolute atomic E-state index is 0.0369. The number of benzene rings is 1. The first-order valence-electron chi connectivity index (χ1n) is 6.45. The van der Waals surface area contributed by atoms with Crippen LogP contribution in [0.15, 0.2) is 40.7 Å². The number of nitrogens with zero attached hydrogens (tertiary/aromatic N) is 5. The Bertz CT molecular complexity index is 689. The first-order valence-corrected chi connectivity index (χ1v) is 7.67. The summed E-state index contributed by atoms with van der Waals surface area (Å²) in [5.41, 5.74) is 4.94. The topological polar surface area (TPSA) is 106 Å². The minimum Gasteiger partial charge on any atom is -0.278 e. The van der Waals surface area contributed by atoms with Crippen LogP contribution in [0.5, 0.6) is 0 Å². The van der Waals surface area contributed by atoms with E-state index >= 15 is 0 Å². The number of hydrogen-bond acceptors (Lipinski definition) is 8. The average Bonchev–Trinajstić information content (AvgIpc) is 2.56. The third-order valence-corrected chi connectivity index (χ3v) is 3.29. The zero-order valence-corrected chi connectivity index (χ0v) is 12.9. The van der Waals surface area contributed by atoms with E-state index in [4.69, 9.17) is 0 Å². The standard InChI is InChI=1S/C13H14N6O2S/c1-3-11(12-8-14-18-13(15-12)22-2)17-16-9-4-6-10(7-5-9)19(20)21/h4-8,16H,3H2,1-2H3/b17-11-. The fourth-order valence-corrected chi connectivity index (χ4v) is 1.94. The molecular formula is C13H14N6O2S. The fourth-order valence-electron chi connectivity index (χ4n) is 1.62. The number of non-ortho nitro benzene ring substituents is 1. The molecule has 1 aromatic heterocycles. The van der Waals surface area contributed by atoms with Gasteiger partial charge in [0, 0.05) is 12.1 Å². The van der Waals surface area contributed by atoms with Gasteiger partial charge >= 0.3 is 0 Å². The molecule has 8 nitrogen and oxygen atoms in total. The lowest BCUT2D eigenvalue weighted by molar-refractivity contribution is -0.384. The van der Waals surface area contributed by atoms with Crippen LogP contribution < -0.4 is 5.43 Å². The Kier molecular flexibility index (Phi) is 5.37. The van der Waals surface area contributed by atoms with Gasteiger partial charge in [-0.05, 0) is 24.8 Å². The van der Waals surface area contributed by atoms with Crippen molar-refractivity contribution in [2.45, 2.75) is 18.5 Å². The van der Waals surface area contributed by atoms with Gasteiger partial charge in [-0.25, -0.2) is 4.98 Å². The number of anilines is 1. The lowest BCUT2D eigenvalue weighted by Gasteiger charge is -2.05. The summed E-state index contributed by atoms with van der Waals surface area (Å²) in [4.78, 5) is 14.5. The Labute approximate surface area is 131 Å². The van der Waals surface area contributed by atoms with Crippen molar-refractivity contribution in [2.75, 3.05) is 11.7 Å². The van der Waals surface area contributed by atoms with Crippen molar-refractivity contribution in [3.63, 3.8) is 0 Å². The van der Waals surface area contributed by atoms with Gasteiger partial charge in [0.05, 0.1) is 22.5 Å². The SMILES string of the molecule is CC/C(=N/Nc1ccc([N+](=O)[O-])cc1)c1cnnc(SC)n1. The molecular weight excluding hydrogens is 304 g/mol. The van der Waals surface area contributed by atoms with E-state index in [9.17, 15) is 10.1 Å². The molecule has 0 aliphatic heterocycles. The first kappa shape index (κ1) is 15.8. The van der Waals surface area contributed by atoms with Gasteiger partial charge in [0.25, 0.3) is 5.69 Å². The van der Waals surface area contributed by atoms with Crippen LogP contribution in [0.1, 0.15) is 19.0 Å². The lowest BCUT2D eigenvalue weighted by atomic mass is 10.2. The van der Waals surface area contributed by atoms with Crippen LogP contribution in [-0.4, -0.2) is 32.1 Å². The molecule has 0 saturated carbocycles. The lowest BCUT2D eigenvalue weighted by Crippen LogP contribution is -2.08. The molecule has 1 heterocycles. The zero-order chi connectivity index (χ0) is 15.9. The largest absolute Gasteiger partial charge is 0.278 e. The predicted octanol–water partition coefficient (Wildman–Crippen LogP) is 2.73. The molecule has 0 radical (unpaired) electrons. The van der Waals surface area contributed by atoms with Crippen molar-refractivity contribution in [3.05, 3.63) is 46.3 Å². The van der Waals surface area contributed by atoms with Crippen molar-refractivity contribution in [1.82, 2.24) is 15.2 Å². The highest BCUT2D eigenvalue weighted by Gasteiger charge is 2.07. The van der Waals surface area contributed by atoms with Crippen LogP contribution in [0, 0.1) is 10.1 Å². The van der Waals surface area contributed by atoms with Crippen LogP contribution in [0.25, 0.3) is 0 Å². The Morgan fingerprint density at radius 1 is 1.41 bits per heavy atom. The van der Waals surface area contributed by atoms with E-state index in [0.717, 1.165) is 5.71 Å². The third-order valence-electron chi connectivity index (χ3n) is 2.75. The van der Waals surface area contributed by atoms with Gasteiger partial charge in [-0.2, -0.15) is 10.2 Å². The number of nitrogens with one attached hydrogen (secondary N) is 1. The number of rotatable bonds is 6. The summed E-state index contributed by atoms with van der Waals surface area (Å²) < 4.78 is 0. The van der Waals surface area contributed by atoms with Gasteiger partial charge in [0.2, 0.25) is 5.16 Å². The zero-order valence-electron chi connectivity index (χ0n) is 12.1. The first-order chi connectivity index (χ1) is 10.6. The van der Waals surface area contributed by atoms with Crippen LogP contribution in [0.4, 0.5) is 11.4 Å². The molecule has 0 unspecified atom stereocenters. The molecule has 0 fully saturated rings. The smallest absolute Gasteiger partial charge is 0.269 e. The maximum Gasteiger partial charge on any atom is 0.269 e. The van der Waals surface area contributed by atoms with E-state index < -0.39 is 4.92 Å². The maximum absolute atomic E-state index is 10.6. The molecule has 114 valence electrons. The van der Waals surface area contributed by atoms with E-state index in [1.54, 1.807) is 18.3 Å². The van der Waals surface area contributed by atoms with Crippen molar-refractivity contribution >= 4 is 28.8 Å². The van der Waals surface area contributed by atoms with Gasteiger partial charge < -0.3 is 0 Å². The van der Waals surface area contributed by atoms with Crippen LogP contribution in [0.2, 0.25) is 0 Å². The number of hydrazone groups is 1. The Balaban J connectivity index is 2.16. The molecule has 2 aromatic rings. The number of nitro groups is 1. The molecule has 2 rings (SSSR count). The Morgan fingerprint density at radius 2 is 2.14 bits per heavy atom. The van der Waals surface area contributed by atoms with Gasteiger partial charge in [-0.1, -0.05) is 18.7 Å². The van der Waals surface area contributed by atoms with Crippen LogP contribution >= 0.6 is 11.8 Å². The number of thioether (sulfide) groups is 1. The fraction of sp³-hybridized carbons (Fsp3) is 0.231. The van der Waals surface area contributed by atoms with E-state index in [0.29, 0.717) is 23.0 Å². The maximum atomic E-state index is 10.6. The van der Waals surface area contributed by atoms with Gasteiger partial charge in [0.1, 0.15) is 5.69 Å². The molecule has 0 saturated heterocycles. The molecule has 0 spiro atoms. The summed E-state index contributed by atoms with van der Waals surface area (Å²) in [5.74, 6) is 0. The summed E-state index contributed by atoms with van der Waals surface area (Å²) in [6.07, 6.45) is 4.09. The second-order valence-electron chi connectivity index (χ2n) is 4.16. The summed E-state index contributed by atoms with van der Waals surface area (Å²) in [6.45, 7) is 1.96. The summed E-state index contributed by atoms with van der Waals surface area (Å²) in [7, 11) is 0. The molecule has 1 aromatic carbocycles. The number of nitro benzene ring substituents is 1. The van der Waals surface area contributed by atoms with Crippen molar-refractivity contribution in [3.8, 4) is 0 Å². The van der Waals surface area contributed by atoms with Crippen LogP contribution in [0.3, 0.4) is 0 Å². The van der Waals surface area contributed by atoms with E-state index in [1.165, 1.54) is 23.9 Å². The highest BCUT2D eigenvalue weighted by Crippen LogP contribution is 2.16. The van der Waals surface area contributed by atoms with E-state index in [2.05, 4.69) is 25.7 Å². The second-order valence-corrected chi connectivity index (χ2v) is 4.93. The molecule has 9 heteroatoms. The Hall–Kier alpha value is -2.55. The molecule has 0 bridgehead atoms. The van der Waals surface area contributed by atoms with Gasteiger partial charge in [-0.3, -0.25) is 15.5 Å². The van der Waals surface area contributed by atoms with Gasteiger partial charge in [-0.15, -0.1) is 5.10 Å². The quantitative estimate of drug-likeness (QED) is 0.377. The number of hydrogen-bond donors (Lipinski definition) is 1. The summed E-state index contributed by atoms with van der Waals surface area (Å²) >= 11 is 1.41. The second kappa shape index (κ2) is 7.46. The molecule has 0 aliphatic carbocycles. The molecule has 0 aliphatic rings. The van der Waals surface area contributed by atoms with Crippen molar-refractivity contribution in [2.24, 2.45) is 5.10 Å². The van der Waals surface area contributed by atoms with E-state index in [-0.39, 0.29) is 5.69 Å². The predicted molar refractivity (Wildman–Crippen MR) is 85.2 cm³/mol. The van der Waals surface area contributed by atoms with Crippen molar-refractivity contribution in [1.29, 1.82) is 0 Å². The molecule has 1 N–H and O–H groups in total. The van der Waals surface area contributed by atoms with E-state index in [1.807, 2.05) is 13.2 Å². The highest BCUT2D eigenvalue weighted by atomic mass is 32.2. The van der Waals surface area contributed by atoms with Gasteiger partial charge in [0.15, 0.2) is 0 Å². The summed E-state index contributed by atoms with van der Waals surface area (Å²) in [5, 5.41) is 23.2. The molecule has 22 heavy (non-hydrogen) atoms. The normalized spacial score (nSPS) is 11.3. The van der Waals surface area contributed by atoms with Crippen molar-refractivity contribution < 1.29 is 4.92 Å². The molecule has 0 amide bonds. The Morgan fingerprint density at radius 3 is 2.73 bits per heavy atom. The third kappa shape index (κ3) is 3.98.